The van der Waals surface area contributed by atoms with Crippen molar-refractivity contribution in [2.45, 2.75) is 12.5 Å². The van der Waals surface area contributed by atoms with Crippen LogP contribution in [0.4, 0.5) is 0 Å². The number of esters is 1. The van der Waals surface area contributed by atoms with Crippen molar-refractivity contribution in [2.75, 3.05) is 20.2 Å². The maximum atomic E-state index is 12.5. The number of carbonyl (C=O) groups is 2. The largest absolute Gasteiger partial charge is 0.465 e. The molecule has 1 aliphatic rings. The third-order valence-electron chi connectivity index (χ3n) is 3.85. The molecule has 0 N–H and O–H groups in total. The van der Waals surface area contributed by atoms with E-state index in [-0.39, 0.29) is 18.0 Å². The van der Waals surface area contributed by atoms with Gasteiger partial charge in [0, 0.05) is 18.5 Å². The lowest BCUT2D eigenvalue weighted by Crippen LogP contribution is -2.31. The van der Waals surface area contributed by atoms with E-state index in [1.165, 1.54) is 19.5 Å². The van der Waals surface area contributed by atoms with Gasteiger partial charge in [0.25, 0.3) is 5.91 Å². The van der Waals surface area contributed by atoms with E-state index in [4.69, 9.17) is 16.3 Å². The first-order valence-corrected chi connectivity index (χ1v) is 8.06. The average Bonchev–Trinajstić information content (AvgIpc) is 3.11. The molecule has 1 aromatic heterocycles. The molecule has 25 heavy (non-hydrogen) atoms. The molecular weight excluding hydrogens is 346 g/mol. The number of rotatable bonds is 4. The number of ether oxygens (including phenoxy) is 2. The van der Waals surface area contributed by atoms with Crippen LogP contribution in [-0.4, -0.2) is 53.0 Å². The van der Waals surface area contributed by atoms with Crippen LogP contribution in [-0.2, 0) is 4.74 Å². The molecule has 0 radical (unpaired) electrons. The predicted molar refractivity (Wildman–Crippen MR) is 89.8 cm³/mol. The van der Waals surface area contributed by atoms with Crippen LogP contribution >= 0.6 is 11.6 Å². The predicted octanol–water partition coefficient (Wildman–Crippen LogP) is 2.21. The van der Waals surface area contributed by atoms with Crippen LogP contribution in [0, 0.1) is 0 Å². The zero-order valence-electron chi connectivity index (χ0n) is 13.5. The topological polar surface area (TPSA) is 81.6 Å². The third kappa shape index (κ3) is 4.06. The second kappa shape index (κ2) is 7.48. The Morgan fingerprint density at radius 3 is 2.44 bits per heavy atom. The molecule has 2 aromatic rings. The Hall–Kier alpha value is -2.67. The van der Waals surface area contributed by atoms with Crippen molar-refractivity contribution in [3.05, 3.63) is 52.8 Å². The van der Waals surface area contributed by atoms with Gasteiger partial charge in [0.05, 0.1) is 36.6 Å². The van der Waals surface area contributed by atoms with Crippen LogP contribution in [0.25, 0.3) is 0 Å². The van der Waals surface area contributed by atoms with Crippen molar-refractivity contribution in [2.24, 2.45) is 0 Å². The summed E-state index contributed by atoms with van der Waals surface area (Å²) in [4.78, 5) is 33.7. The van der Waals surface area contributed by atoms with Crippen LogP contribution in [0.2, 0.25) is 5.02 Å². The second-order valence-electron chi connectivity index (χ2n) is 5.53. The lowest BCUT2D eigenvalue weighted by Gasteiger charge is -2.17. The SMILES string of the molecule is COC(=O)c1ccc(C(=O)N2CC[C@H](Oc3ncc(Cl)cn3)C2)cc1. The summed E-state index contributed by atoms with van der Waals surface area (Å²) < 4.78 is 10.3. The fourth-order valence-corrected chi connectivity index (χ4v) is 2.67. The van der Waals surface area contributed by atoms with Gasteiger partial charge in [-0.05, 0) is 24.3 Å². The molecule has 1 atom stereocenters. The highest BCUT2D eigenvalue weighted by Crippen LogP contribution is 2.18. The Bertz CT molecular complexity index is 764. The summed E-state index contributed by atoms with van der Waals surface area (Å²) in [7, 11) is 1.32. The van der Waals surface area contributed by atoms with Crippen LogP contribution in [0.15, 0.2) is 36.7 Å². The van der Waals surface area contributed by atoms with Gasteiger partial charge in [-0.25, -0.2) is 14.8 Å². The van der Waals surface area contributed by atoms with E-state index in [1.807, 2.05) is 0 Å². The van der Waals surface area contributed by atoms with Gasteiger partial charge < -0.3 is 14.4 Å². The Morgan fingerprint density at radius 1 is 1.16 bits per heavy atom. The molecule has 130 valence electrons. The van der Waals surface area contributed by atoms with E-state index in [0.29, 0.717) is 35.7 Å². The first-order valence-electron chi connectivity index (χ1n) is 7.68. The number of benzene rings is 1. The summed E-state index contributed by atoms with van der Waals surface area (Å²) in [6.45, 7) is 1.03. The molecule has 7 nitrogen and oxygen atoms in total. The molecule has 1 fully saturated rings. The van der Waals surface area contributed by atoms with E-state index >= 15 is 0 Å². The third-order valence-corrected chi connectivity index (χ3v) is 4.05. The van der Waals surface area contributed by atoms with Gasteiger partial charge in [-0.3, -0.25) is 4.79 Å². The summed E-state index contributed by atoms with van der Waals surface area (Å²) in [6, 6.07) is 6.62. The van der Waals surface area contributed by atoms with Gasteiger partial charge in [-0.2, -0.15) is 0 Å². The van der Waals surface area contributed by atoms with E-state index in [0.717, 1.165) is 0 Å². The van der Waals surface area contributed by atoms with E-state index in [1.54, 1.807) is 29.2 Å². The molecule has 0 bridgehead atoms. The molecule has 2 heterocycles. The van der Waals surface area contributed by atoms with Crippen molar-refractivity contribution in [3.63, 3.8) is 0 Å². The van der Waals surface area contributed by atoms with Gasteiger partial charge in [0.15, 0.2) is 0 Å². The molecule has 0 saturated carbocycles. The molecule has 1 amide bonds. The molecule has 1 aliphatic heterocycles. The lowest BCUT2D eigenvalue weighted by molar-refractivity contribution is 0.0600. The molecule has 1 saturated heterocycles. The number of nitrogens with zero attached hydrogens (tertiary/aromatic N) is 3. The first kappa shape index (κ1) is 17.2. The Morgan fingerprint density at radius 2 is 1.80 bits per heavy atom. The zero-order chi connectivity index (χ0) is 17.8. The van der Waals surface area contributed by atoms with Crippen LogP contribution < -0.4 is 4.74 Å². The van der Waals surface area contributed by atoms with Gasteiger partial charge in [0.2, 0.25) is 0 Å². The lowest BCUT2D eigenvalue weighted by atomic mass is 10.1. The van der Waals surface area contributed by atoms with E-state index in [9.17, 15) is 9.59 Å². The minimum absolute atomic E-state index is 0.112. The van der Waals surface area contributed by atoms with Gasteiger partial charge in [-0.1, -0.05) is 11.6 Å². The number of hydrogen-bond acceptors (Lipinski definition) is 6. The Labute approximate surface area is 149 Å². The molecule has 0 spiro atoms. The average molecular weight is 362 g/mol. The monoisotopic (exact) mass is 361 g/mol. The van der Waals surface area contributed by atoms with Crippen molar-refractivity contribution in [1.29, 1.82) is 0 Å². The Kier molecular flexibility index (Phi) is 5.14. The number of likely N-dealkylation sites (tertiary alicyclic amines) is 1. The summed E-state index contributed by atoms with van der Waals surface area (Å²) in [5, 5.41) is 0.436. The van der Waals surface area contributed by atoms with Crippen LogP contribution in [0.3, 0.4) is 0 Å². The zero-order valence-corrected chi connectivity index (χ0v) is 14.3. The molecule has 1 aromatic carbocycles. The quantitative estimate of drug-likeness (QED) is 0.776. The number of hydrogen-bond donors (Lipinski definition) is 0. The number of aromatic nitrogens is 2. The first-order chi connectivity index (χ1) is 12.1. The smallest absolute Gasteiger partial charge is 0.337 e. The molecule has 3 rings (SSSR count). The van der Waals surface area contributed by atoms with E-state index < -0.39 is 5.97 Å². The summed E-state index contributed by atoms with van der Waals surface area (Å²) in [5.41, 5.74) is 0.914. The summed E-state index contributed by atoms with van der Waals surface area (Å²) in [5.74, 6) is -0.545. The van der Waals surface area contributed by atoms with Crippen molar-refractivity contribution >= 4 is 23.5 Å². The molecular formula is C17H16ClN3O4. The standard InChI is InChI=1S/C17H16ClN3O4/c1-24-16(23)12-4-2-11(3-5-12)15(22)21-7-6-14(10-21)25-17-19-8-13(18)9-20-17/h2-5,8-9,14H,6-7,10H2,1H3/t14-/m0/s1. The van der Waals surface area contributed by atoms with Gasteiger partial charge >= 0.3 is 12.0 Å². The number of halogens is 1. The maximum absolute atomic E-state index is 12.5. The summed E-state index contributed by atoms with van der Waals surface area (Å²) in [6.07, 6.45) is 3.45. The van der Waals surface area contributed by atoms with E-state index in [2.05, 4.69) is 14.7 Å². The summed E-state index contributed by atoms with van der Waals surface area (Å²) >= 11 is 5.74. The second-order valence-corrected chi connectivity index (χ2v) is 5.97. The molecule has 0 unspecified atom stereocenters. The number of carbonyl (C=O) groups excluding carboxylic acids is 2. The number of amides is 1. The normalized spacial score (nSPS) is 16.6. The van der Waals surface area contributed by atoms with Crippen molar-refractivity contribution in [1.82, 2.24) is 14.9 Å². The van der Waals surface area contributed by atoms with Gasteiger partial charge in [0.1, 0.15) is 6.10 Å². The van der Waals surface area contributed by atoms with Crippen LogP contribution in [0.5, 0.6) is 6.01 Å². The minimum Gasteiger partial charge on any atom is -0.465 e. The highest BCUT2D eigenvalue weighted by molar-refractivity contribution is 6.30. The fourth-order valence-electron chi connectivity index (χ4n) is 2.57. The highest BCUT2D eigenvalue weighted by Gasteiger charge is 2.29. The molecule has 0 aliphatic carbocycles. The van der Waals surface area contributed by atoms with Crippen molar-refractivity contribution < 1.29 is 19.1 Å². The maximum Gasteiger partial charge on any atom is 0.337 e. The molecule has 8 heteroatoms. The Balaban J connectivity index is 1.60. The minimum atomic E-state index is -0.434. The van der Waals surface area contributed by atoms with Crippen LogP contribution in [0.1, 0.15) is 27.1 Å². The fraction of sp³-hybridized carbons (Fsp3) is 0.294. The highest BCUT2D eigenvalue weighted by atomic mass is 35.5. The van der Waals surface area contributed by atoms with Gasteiger partial charge in [-0.15, -0.1) is 0 Å². The number of methoxy groups -OCH3 is 1. The van der Waals surface area contributed by atoms with Crippen molar-refractivity contribution in [3.8, 4) is 6.01 Å².